The lowest BCUT2D eigenvalue weighted by Gasteiger charge is -2.27. The Morgan fingerprint density at radius 3 is 2.72 bits per heavy atom. The van der Waals surface area contributed by atoms with Gasteiger partial charge in [-0.05, 0) is 36.8 Å². The van der Waals surface area contributed by atoms with Crippen molar-refractivity contribution in [2.24, 2.45) is 5.41 Å². The molecule has 0 spiro atoms. The van der Waals surface area contributed by atoms with Crippen LogP contribution in [0.2, 0.25) is 5.15 Å². The fraction of sp³-hybridized carbons (Fsp3) is 0.571. The molecular formula is C14H19ClN2O. The average Bonchev–Trinajstić information content (AvgIpc) is 2.86. The van der Waals surface area contributed by atoms with Crippen LogP contribution in [0.5, 0.6) is 0 Å². The standard InChI is InChI=1S/C14H19ClN2O/c1-2-14(7-3-4-8-14)10-17-13(18)11-5-6-12(15)16-9-11/h5-6,9H,2-4,7-8,10H2,1H3,(H,17,18). The van der Waals surface area contributed by atoms with E-state index >= 15 is 0 Å². The third-order valence-electron chi connectivity index (χ3n) is 4.03. The number of rotatable bonds is 4. The summed E-state index contributed by atoms with van der Waals surface area (Å²) in [6.07, 6.45) is 7.67. The molecule has 2 rings (SSSR count). The molecule has 0 bridgehead atoms. The van der Waals surface area contributed by atoms with Gasteiger partial charge in [0.1, 0.15) is 5.15 Å². The molecule has 1 aromatic heterocycles. The number of nitrogens with one attached hydrogen (secondary N) is 1. The average molecular weight is 267 g/mol. The van der Waals surface area contributed by atoms with Crippen molar-refractivity contribution in [2.45, 2.75) is 39.0 Å². The van der Waals surface area contributed by atoms with E-state index in [1.165, 1.54) is 31.9 Å². The second kappa shape index (κ2) is 5.70. The summed E-state index contributed by atoms with van der Waals surface area (Å²) in [5, 5.41) is 3.44. The molecule has 0 radical (unpaired) electrons. The van der Waals surface area contributed by atoms with Crippen LogP contribution < -0.4 is 5.32 Å². The third-order valence-corrected chi connectivity index (χ3v) is 4.25. The van der Waals surface area contributed by atoms with Crippen LogP contribution in [-0.2, 0) is 0 Å². The van der Waals surface area contributed by atoms with E-state index < -0.39 is 0 Å². The van der Waals surface area contributed by atoms with Crippen molar-refractivity contribution in [2.75, 3.05) is 6.54 Å². The Hall–Kier alpha value is -1.09. The molecule has 0 atom stereocenters. The second-order valence-corrected chi connectivity index (χ2v) is 5.50. The number of nitrogens with zero attached hydrogens (tertiary/aromatic N) is 1. The molecule has 0 aromatic carbocycles. The number of aromatic nitrogens is 1. The highest BCUT2D eigenvalue weighted by Gasteiger charge is 2.32. The molecule has 3 nitrogen and oxygen atoms in total. The van der Waals surface area contributed by atoms with Gasteiger partial charge in [0, 0.05) is 12.7 Å². The SMILES string of the molecule is CCC1(CNC(=O)c2ccc(Cl)nc2)CCCC1. The van der Waals surface area contributed by atoms with E-state index in [0.29, 0.717) is 16.1 Å². The smallest absolute Gasteiger partial charge is 0.252 e. The summed E-state index contributed by atoms with van der Waals surface area (Å²) in [5.41, 5.74) is 0.888. The van der Waals surface area contributed by atoms with Crippen LogP contribution in [0.4, 0.5) is 0 Å². The number of amides is 1. The van der Waals surface area contributed by atoms with Gasteiger partial charge in [-0.25, -0.2) is 4.98 Å². The summed E-state index contributed by atoms with van der Waals surface area (Å²) >= 11 is 5.70. The fourth-order valence-corrected chi connectivity index (χ4v) is 2.77. The minimum atomic E-state index is -0.0566. The third kappa shape index (κ3) is 3.02. The van der Waals surface area contributed by atoms with Crippen molar-refractivity contribution in [3.63, 3.8) is 0 Å². The maximum Gasteiger partial charge on any atom is 0.252 e. The molecular weight excluding hydrogens is 248 g/mol. The van der Waals surface area contributed by atoms with Crippen LogP contribution in [0, 0.1) is 5.41 Å². The molecule has 4 heteroatoms. The Balaban J connectivity index is 1.93. The number of hydrogen-bond acceptors (Lipinski definition) is 2. The topological polar surface area (TPSA) is 42.0 Å². The van der Waals surface area contributed by atoms with Gasteiger partial charge in [-0.15, -0.1) is 0 Å². The first-order valence-corrected chi connectivity index (χ1v) is 6.93. The van der Waals surface area contributed by atoms with Crippen LogP contribution >= 0.6 is 11.6 Å². The second-order valence-electron chi connectivity index (χ2n) is 5.11. The van der Waals surface area contributed by atoms with Crippen molar-refractivity contribution in [3.8, 4) is 0 Å². The van der Waals surface area contributed by atoms with Gasteiger partial charge in [0.05, 0.1) is 5.56 Å². The van der Waals surface area contributed by atoms with Gasteiger partial charge in [-0.2, -0.15) is 0 Å². The predicted octanol–water partition coefficient (Wildman–Crippen LogP) is 3.44. The normalized spacial score (nSPS) is 17.7. The monoisotopic (exact) mass is 266 g/mol. The van der Waals surface area contributed by atoms with Crippen LogP contribution in [0.1, 0.15) is 49.4 Å². The lowest BCUT2D eigenvalue weighted by atomic mass is 9.83. The molecule has 1 N–H and O–H groups in total. The number of hydrogen-bond donors (Lipinski definition) is 1. The highest BCUT2D eigenvalue weighted by atomic mass is 35.5. The molecule has 1 aliphatic carbocycles. The van der Waals surface area contributed by atoms with Crippen molar-refractivity contribution < 1.29 is 4.79 Å². The van der Waals surface area contributed by atoms with Crippen LogP contribution in [0.25, 0.3) is 0 Å². The first kappa shape index (κ1) is 13.3. The Bertz CT molecular complexity index is 410. The highest BCUT2D eigenvalue weighted by Crippen LogP contribution is 2.40. The zero-order chi connectivity index (χ0) is 13.0. The minimum absolute atomic E-state index is 0.0566. The van der Waals surface area contributed by atoms with E-state index in [1.807, 2.05) is 0 Å². The van der Waals surface area contributed by atoms with E-state index in [4.69, 9.17) is 11.6 Å². The fourth-order valence-electron chi connectivity index (χ4n) is 2.66. The highest BCUT2D eigenvalue weighted by molar-refractivity contribution is 6.29. The summed E-state index contributed by atoms with van der Waals surface area (Å²) in [6.45, 7) is 2.98. The first-order chi connectivity index (χ1) is 8.65. The summed E-state index contributed by atoms with van der Waals surface area (Å²) in [7, 11) is 0. The zero-order valence-electron chi connectivity index (χ0n) is 10.7. The van der Waals surface area contributed by atoms with E-state index in [2.05, 4.69) is 17.2 Å². The van der Waals surface area contributed by atoms with Gasteiger partial charge in [0.2, 0.25) is 0 Å². The number of pyridine rings is 1. The molecule has 98 valence electrons. The molecule has 1 aromatic rings. The lowest BCUT2D eigenvalue weighted by molar-refractivity contribution is 0.0928. The van der Waals surface area contributed by atoms with E-state index in [0.717, 1.165) is 13.0 Å². The number of carbonyl (C=O) groups excluding carboxylic acids is 1. The van der Waals surface area contributed by atoms with Gasteiger partial charge in [-0.3, -0.25) is 4.79 Å². The Kier molecular flexibility index (Phi) is 4.23. The molecule has 1 saturated carbocycles. The van der Waals surface area contributed by atoms with Gasteiger partial charge in [0.25, 0.3) is 5.91 Å². The van der Waals surface area contributed by atoms with Crippen LogP contribution in [0.3, 0.4) is 0 Å². The van der Waals surface area contributed by atoms with Crippen LogP contribution in [0.15, 0.2) is 18.3 Å². The Morgan fingerprint density at radius 1 is 1.44 bits per heavy atom. The molecule has 1 amide bonds. The summed E-state index contributed by atoms with van der Waals surface area (Å²) in [5.74, 6) is -0.0566. The molecule has 1 aliphatic rings. The molecule has 1 fully saturated rings. The maximum absolute atomic E-state index is 12.0. The number of halogens is 1. The molecule has 1 heterocycles. The van der Waals surface area contributed by atoms with Crippen molar-refractivity contribution in [1.82, 2.24) is 10.3 Å². The molecule has 18 heavy (non-hydrogen) atoms. The quantitative estimate of drug-likeness (QED) is 0.849. The zero-order valence-corrected chi connectivity index (χ0v) is 11.5. The first-order valence-electron chi connectivity index (χ1n) is 6.55. The van der Waals surface area contributed by atoms with E-state index in [1.54, 1.807) is 12.1 Å². The summed E-state index contributed by atoms with van der Waals surface area (Å²) in [4.78, 5) is 15.9. The minimum Gasteiger partial charge on any atom is -0.351 e. The molecule has 0 aliphatic heterocycles. The summed E-state index contributed by atoms with van der Waals surface area (Å²) in [6, 6.07) is 3.35. The van der Waals surface area contributed by atoms with Crippen molar-refractivity contribution in [1.29, 1.82) is 0 Å². The number of carbonyl (C=O) groups is 1. The van der Waals surface area contributed by atoms with Gasteiger partial charge in [-0.1, -0.05) is 31.4 Å². The predicted molar refractivity (Wildman–Crippen MR) is 72.8 cm³/mol. The molecule has 0 unspecified atom stereocenters. The van der Waals surface area contributed by atoms with Crippen LogP contribution in [-0.4, -0.2) is 17.4 Å². The van der Waals surface area contributed by atoms with Gasteiger partial charge >= 0.3 is 0 Å². The molecule has 0 saturated heterocycles. The summed E-state index contributed by atoms with van der Waals surface area (Å²) < 4.78 is 0. The van der Waals surface area contributed by atoms with Crippen molar-refractivity contribution in [3.05, 3.63) is 29.0 Å². The Morgan fingerprint density at radius 2 is 2.17 bits per heavy atom. The van der Waals surface area contributed by atoms with Gasteiger partial charge in [0.15, 0.2) is 0 Å². The lowest BCUT2D eigenvalue weighted by Crippen LogP contribution is -2.35. The Labute approximate surface area is 113 Å². The largest absolute Gasteiger partial charge is 0.351 e. The van der Waals surface area contributed by atoms with E-state index in [-0.39, 0.29) is 5.91 Å². The van der Waals surface area contributed by atoms with Gasteiger partial charge < -0.3 is 5.32 Å². The van der Waals surface area contributed by atoms with Crippen molar-refractivity contribution >= 4 is 17.5 Å². The van der Waals surface area contributed by atoms with E-state index in [9.17, 15) is 4.79 Å². The maximum atomic E-state index is 12.0.